The van der Waals surface area contributed by atoms with Crippen LogP contribution in [0, 0.1) is 11.6 Å². The minimum Gasteiger partial charge on any atom is -0.478 e. The number of ether oxygens (including phenoxy) is 1. The SMILES string of the molecule is C[C@@H]1CN(c2cc(F)c(C(=O)O)cc2F)C[C@@H](C)O1. The van der Waals surface area contributed by atoms with E-state index >= 15 is 0 Å². The second kappa shape index (κ2) is 5.13. The van der Waals surface area contributed by atoms with Crippen molar-refractivity contribution in [1.82, 2.24) is 0 Å². The molecule has 0 aliphatic carbocycles. The zero-order valence-electron chi connectivity index (χ0n) is 10.7. The molecule has 1 aromatic rings. The summed E-state index contributed by atoms with van der Waals surface area (Å²) in [6.07, 6.45) is -0.185. The molecule has 0 amide bonds. The first-order valence-electron chi connectivity index (χ1n) is 6.01. The predicted molar refractivity (Wildman–Crippen MR) is 65.5 cm³/mol. The second-order valence-electron chi connectivity index (χ2n) is 4.75. The Balaban J connectivity index is 2.35. The van der Waals surface area contributed by atoms with Gasteiger partial charge in [0.15, 0.2) is 0 Å². The van der Waals surface area contributed by atoms with Crippen molar-refractivity contribution in [2.24, 2.45) is 0 Å². The smallest absolute Gasteiger partial charge is 0.338 e. The molecule has 1 aromatic carbocycles. The van der Waals surface area contributed by atoms with E-state index in [9.17, 15) is 13.6 Å². The van der Waals surface area contributed by atoms with Gasteiger partial charge >= 0.3 is 5.97 Å². The quantitative estimate of drug-likeness (QED) is 0.896. The van der Waals surface area contributed by atoms with E-state index in [1.54, 1.807) is 4.90 Å². The van der Waals surface area contributed by atoms with Gasteiger partial charge in [0, 0.05) is 19.2 Å². The number of carbonyl (C=O) groups is 1. The number of benzene rings is 1. The summed E-state index contributed by atoms with van der Waals surface area (Å²) in [6, 6.07) is 1.65. The molecule has 0 bridgehead atoms. The van der Waals surface area contributed by atoms with Crippen molar-refractivity contribution in [2.75, 3.05) is 18.0 Å². The number of carboxylic acids is 1. The Bertz CT molecular complexity index is 497. The van der Waals surface area contributed by atoms with E-state index in [1.165, 1.54) is 0 Å². The molecule has 1 N–H and O–H groups in total. The van der Waals surface area contributed by atoms with E-state index in [0.717, 1.165) is 12.1 Å². The Labute approximate surface area is 109 Å². The summed E-state index contributed by atoms with van der Waals surface area (Å²) in [5.74, 6) is -3.15. The topological polar surface area (TPSA) is 49.8 Å². The fourth-order valence-corrected chi connectivity index (χ4v) is 2.32. The van der Waals surface area contributed by atoms with Gasteiger partial charge in [-0.25, -0.2) is 13.6 Å². The van der Waals surface area contributed by atoms with Crippen molar-refractivity contribution >= 4 is 11.7 Å². The molecule has 2 atom stereocenters. The van der Waals surface area contributed by atoms with Crippen LogP contribution in [-0.4, -0.2) is 36.4 Å². The van der Waals surface area contributed by atoms with Crippen LogP contribution in [0.15, 0.2) is 12.1 Å². The van der Waals surface area contributed by atoms with Crippen molar-refractivity contribution in [2.45, 2.75) is 26.1 Å². The van der Waals surface area contributed by atoms with E-state index in [2.05, 4.69) is 0 Å². The summed E-state index contributed by atoms with van der Waals surface area (Å²) < 4.78 is 33.1. The number of carboxylic acid groups (broad SMARTS) is 1. The van der Waals surface area contributed by atoms with Gasteiger partial charge in [0.05, 0.1) is 23.5 Å². The molecule has 19 heavy (non-hydrogen) atoms. The van der Waals surface area contributed by atoms with Gasteiger partial charge < -0.3 is 14.7 Å². The third kappa shape index (κ3) is 2.84. The number of rotatable bonds is 2. The molecule has 0 spiro atoms. The molecule has 6 heteroatoms. The maximum absolute atomic E-state index is 13.9. The average Bonchev–Trinajstić information content (AvgIpc) is 2.30. The van der Waals surface area contributed by atoms with Gasteiger partial charge in [-0.15, -0.1) is 0 Å². The maximum Gasteiger partial charge on any atom is 0.338 e. The van der Waals surface area contributed by atoms with Crippen molar-refractivity contribution in [1.29, 1.82) is 0 Å². The highest BCUT2D eigenvalue weighted by molar-refractivity contribution is 5.88. The van der Waals surface area contributed by atoms with E-state index in [4.69, 9.17) is 9.84 Å². The highest BCUT2D eigenvalue weighted by Gasteiger charge is 2.26. The van der Waals surface area contributed by atoms with Crippen LogP contribution >= 0.6 is 0 Å². The molecular weight excluding hydrogens is 256 g/mol. The third-order valence-corrected chi connectivity index (χ3v) is 3.03. The van der Waals surface area contributed by atoms with Gasteiger partial charge in [-0.2, -0.15) is 0 Å². The molecule has 0 saturated carbocycles. The van der Waals surface area contributed by atoms with E-state index in [0.29, 0.717) is 13.1 Å². The number of hydrogen-bond donors (Lipinski definition) is 1. The van der Waals surface area contributed by atoms with Gasteiger partial charge in [0.1, 0.15) is 11.6 Å². The zero-order valence-corrected chi connectivity index (χ0v) is 10.7. The lowest BCUT2D eigenvalue weighted by molar-refractivity contribution is -0.00542. The first kappa shape index (κ1) is 13.7. The highest BCUT2D eigenvalue weighted by atomic mass is 19.1. The Morgan fingerprint density at radius 3 is 2.37 bits per heavy atom. The zero-order chi connectivity index (χ0) is 14.2. The van der Waals surface area contributed by atoms with Gasteiger partial charge in [-0.3, -0.25) is 0 Å². The number of nitrogens with zero attached hydrogens (tertiary/aromatic N) is 1. The van der Waals surface area contributed by atoms with Gasteiger partial charge in [0.25, 0.3) is 0 Å². The van der Waals surface area contributed by atoms with Crippen molar-refractivity contribution in [3.05, 3.63) is 29.3 Å². The molecule has 1 saturated heterocycles. The third-order valence-electron chi connectivity index (χ3n) is 3.03. The van der Waals surface area contributed by atoms with Gasteiger partial charge in [-0.05, 0) is 19.9 Å². The summed E-state index contributed by atoms with van der Waals surface area (Å²) >= 11 is 0. The largest absolute Gasteiger partial charge is 0.478 e. The predicted octanol–water partition coefficient (Wildman–Crippen LogP) is 2.28. The molecule has 0 unspecified atom stereocenters. The molecule has 2 rings (SSSR count). The molecule has 0 radical (unpaired) electrons. The summed E-state index contributed by atoms with van der Waals surface area (Å²) in [5, 5.41) is 8.74. The fraction of sp³-hybridized carbons (Fsp3) is 0.462. The molecular formula is C13H15F2NO3. The summed E-state index contributed by atoms with van der Waals surface area (Å²) in [6.45, 7) is 4.57. The Morgan fingerprint density at radius 1 is 1.26 bits per heavy atom. The molecule has 1 fully saturated rings. The lowest BCUT2D eigenvalue weighted by Crippen LogP contribution is -2.45. The Kier molecular flexibility index (Phi) is 3.71. The first-order chi connectivity index (χ1) is 8.88. The number of anilines is 1. The summed E-state index contributed by atoms with van der Waals surface area (Å²) in [7, 11) is 0. The van der Waals surface area contributed by atoms with Crippen LogP contribution in [-0.2, 0) is 4.74 Å². The Morgan fingerprint density at radius 2 is 1.84 bits per heavy atom. The molecule has 4 nitrogen and oxygen atoms in total. The molecule has 1 heterocycles. The van der Waals surface area contributed by atoms with Gasteiger partial charge in [0.2, 0.25) is 0 Å². The number of halogens is 2. The number of morpholine rings is 1. The van der Waals surface area contributed by atoms with Crippen LogP contribution in [0.3, 0.4) is 0 Å². The van der Waals surface area contributed by atoms with Crippen LogP contribution in [0.25, 0.3) is 0 Å². The van der Waals surface area contributed by atoms with Crippen LogP contribution in [0.5, 0.6) is 0 Å². The van der Waals surface area contributed by atoms with E-state index < -0.39 is 23.2 Å². The van der Waals surface area contributed by atoms with Crippen LogP contribution in [0.1, 0.15) is 24.2 Å². The Hall–Kier alpha value is -1.69. The average molecular weight is 271 g/mol. The minimum atomic E-state index is -1.48. The van der Waals surface area contributed by atoms with Crippen LogP contribution in [0.4, 0.5) is 14.5 Å². The monoisotopic (exact) mass is 271 g/mol. The summed E-state index contributed by atoms with van der Waals surface area (Å²) in [4.78, 5) is 12.4. The maximum atomic E-state index is 13.9. The lowest BCUT2D eigenvalue weighted by Gasteiger charge is -2.37. The van der Waals surface area contributed by atoms with E-state index in [-0.39, 0.29) is 17.9 Å². The van der Waals surface area contributed by atoms with Crippen molar-refractivity contribution in [3.63, 3.8) is 0 Å². The minimum absolute atomic E-state index is 0.0736. The molecule has 1 aliphatic rings. The molecule has 1 aliphatic heterocycles. The number of hydrogen-bond acceptors (Lipinski definition) is 3. The molecule has 104 valence electrons. The lowest BCUT2D eigenvalue weighted by atomic mass is 10.1. The van der Waals surface area contributed by atoms with Crippen LogP contribution < -0.4 is 4.90 Å². The van der Waals surface area contributed by atoms with Gasteiger partial charge in [-0.1, -0.05) is 0 Å². The van der Waals surface area contributed by atoms with E-state index in [1.807, 2.05) is 13.8 Å². The second-order valence-corrected chi connectivity index (χ2v) is 4.75. The van der Waals surface area contributed by atoms with Crippen LogP contribution in [0.2, 0.25) is 0 Å². The molecule has 0 aromatic heterocycles. The van der Waals surface area contributed by atoms with Crippen molar-refractivity contribution in [3.8, 4) is 0 Å². The standard InChI is InChI=1S/C13H15F2NO3/c1-7-5-16(6-8(2)19-7)12-4-10(14)9(13(17)18)3-11(12)15/h3-4,7-8H,5-6H2,1-2H3,(H,17,18)/t7-,8-/m1/s1. The summed E-state index contributed by atoms with van der Waals surface area (Å²) in [5.41, 5.74) is -0.583. The van der Waals surface area contributed by atoms with Crippen molar-refractivity contribution < 1.29 is 23.4 Å². The fourth-order valence-electron chi connectivity index (χ4n) is 2.32. The number of aromatic carboxylic acids is 1. The first-order valence-corrected chi connectivity index (χ1v) is 6.01. The highest BCUT2D eigenvalue weighted by Crippen LogP contribution is 2.26. The normalized spacial score (nSPS) is 23.5.